The van der Waals surface area contributed by atoms with Crippen LogP contribution in [0.5, 0.6) is 5.75 Å². The van der Waals surface area contributed by atoms with Gasteiger partial charge >= 0.3 is 17.9 Å². The van der Waals surface area contributed by atoms with Crippen LogP contribution in [-0.4, -0.2) is 71.4 Å². The van der Waals surface area contributed by atoms with Crippen LogP contribution in [0.15, 0.2) is 18.3 Å². The molecular formula is C19H26N2O7S. The van der Waals surface area contributed by atoms with Gasteiger partial charge in [-0.3, -0.25) is 19.4 Å². The summed E-state index contributed by atoms with van der Waals surface area (Å²) in [6, 6.07) is 3.52. The first-order chi connectivity index (χ1) is 13.7. The van der Waals surface area contributed by atoms with Crippen LogP contribution in [0.2, 0.25) is 0 Å². The van der Waals surface area contributed by atoms with Crippen LogP contribution in [0.4, 0.5) is 0 Å². The normalized spacial score (nSPS) is 23.9. The van der Waals surface area contributed by atoms with Crippen LogP contribution in [0.3, 0.4) is 0 Å². The van der Waals surface area contributed by atoms with Crippen molar-refractivity contribution in [1.82, 2.24) is 9.88 Å². The SMILES string of the molecule is CC(=O)O[C@@H]1[C@@H](OC(C)=O)[C@@H](Oc2cccnc2CN(C)C)SC[C@H]1OC(C)=O. The van der Waals surface area contributed by atoms with Gasteiger partial charge < -0.3 is 23.8 Å². The van der Waals surface area contributed by atoms with E-state index in [4.69, 9.17) is 18.9 Å². The third-order valence-corrected chi connectivity index (χ3v) is 5.08. The molecule has 0 amide bonds. The van der Waals surface area contributed by atoms with E-state index in [0.717, 1.165) is 0 Å². The Morgan fingerprint density at radius 3 is 2.28 bits per heavy atom. The topological polar surface area (TPSA) is 104 Å². The summed E-state index contributed by atoms with van der Waals surface area (Å²) in [7, 11) is 3.83. The maximum atomic E-state index is 11.7. The van der Waals surface area contributed by atoms with Crippen molar-refractivity contribution in [2.24, 2.45) is 0 Å². The number of carbonyl (C=O) groups excluding carboxylic acids is 3. The number of esters is 3. The molecule has 0 spiro atoms. The fraction of sp³-hybridized carbons (Fsp3) is 0.579. The Labute approximate surface area is 174 Å². The summed E-state index contributed by atoms with van der Waals surface area (Å²) in [6.45, 7) is 4.31. The average Bonchev–Trinajstić information content (AvgIpc) is 2.60. The average molecular weight is 426 g/mol. The highest BCUT2D eigenvalue weighted by molar-refractivity contribution is 7.99. The van der Waals surface area contributed by atoms with Gasteiger partial charge in [0.05, 0.1) is 5.69 Å². The molecule has 0 bridgehead atoms. The van der Waals surface area contributed by atoms with Gasteiger partial charge in [-0.2, -0.15) is 0 Å². The molecule has 0 N–H and O–H groups in total. The maximum absolute atomic E-state index is 11.7. The zero-order valence-corrected chi connectivity index (χ0v) is 17.9. The first-order valence-electron chi connectivity index (χ1n) is 9.06. The van der Waals surface area contributed by atoms with Gasteiger partial charge in [0.25, 0.3) is 0 Å². The Morgan fingerprint density at radius 2 is 1.69 bits per heavy atom. The molecule has 1 aliphatic heterocycles. The largest absolute Gasteiger partial charge is 0.474 e. The Hall–Kier alpha value is -2.33. The lowest BCUT2D eigenvalue weighted by Gasteiger charge is -2.40. The van der Waals surface area contributed by atoms with Crippen LogP contribution in [0, 0.1) is 0 Å². The van der Waals surface area contributed by atoms with Crippen molar-refractivity contribution < 1.29 is 33.3 Å². The minimum absolute atomic E-state index is 0.309. The highest BCUT2D eigenvalue weighted by Crippen LogP contribution is 2.35. The zero-order chi connectivity index (χ0) is 21.6. The van der Waals surface area contributed by atoms with E-state index < -0.39 is 41.7 Å². The maximum Gasteiger partial charge on any atom is 0.303 e. The molecule has 4 atom stereocenters. The summed E-state index contributed by atoms with van der Waals surface area (Å²) >= 11 is 1.31. The molecule has 10 heteroatoms. The Kier molecular flexibility index (Phi) is 8.27. The minimum atomic E-state index is -0.986. The van der Waals surface area contributed by atoms with Gasteiger partial charge in [0.2, 0.25) is 0 Å². The first kappa shape index (κ1) is 23.0. The number of hydrogen-bond donors (Lipinski definition) is 0. The fourth-order valence-electron chi connectivity index (χ4n) is 2.88. The van der Waals surface area contributed by atoms with Crippen molar-refractivity contribution >= 4 is 29.7 Å². The number of pyridine rings is 1. The number of rotatable bonds is 7. The smallest absolute Gasteiger partial charge is 0.303 e. The Balaban J connectivity index is 2.31. The molecule has 1 saturated heterocycles. The second-order valence-corrected chi connectivity index (χ2v) is 7.93. The number of ether oxygens (including phenoxy) is 4. The number of aromatic nitrogens is 1. The molecule has 0 radical (unpaired) electrons. The van der Waals surface area contributed by atoms with Crippen LogP contribution in [0.25, 0.3) is 0 Å². The van der Waals surface area contributed by atoms with Crippen molar-refractivity contribution in [3.63, 3.8) is 0 Å². The van der Waals surface area contributed by atoms with Gasteiger partial charge in [-0.15, -0.1) is 11.8 Å². The molecule has 2 rings (SSSR count). The summed E-state index contributed by atoms with van der Waals surface area (Å²) < 4.78 is 22.2. The summed E-state index contributed by atoms with van der Waals surface area (Å²) in [4.78, 5) is 41.1. The summed E-state index contributed by atoms with van der Waals surface area (Å²) in [6.07, 6.45) is -1.05. The number of thioether (sulfide) groups is 1. The molecule has 0 aromatic carbocycles. The summed E-state index contributed by atoms with van der Waals surface area (Å²) in [5, 5.41) is 0. The Morgan fingerprint density at radius 1 is 1.07 bits per heavy atom. The van der Waals surface area contributed by atoms with Gasteiger partial charge in [-0.05, 0) is 26.2 Å². The molecule has 1 aliphatic rings. The highest BCUT2D eigenvalue weighted by Gasteiger charge is 2.47. The second kappa shape index (κ2) is 10.4. The summed E-state index contributed by atoms with van der Waals surface area (Å²) in [5.74, 6) is -0.824. The number of nitrogens with zero attached hydrogens (tertiary/aromatic N) is 2. The van der Waals surface area contributed by atoms with E-state index in [0.29, 0.717) is 23.7 Å². The Bertz CT molecular complexity index is 743. The molecule has 29 heavy (non-hydrogen) atoms. The molecular weight excluding hydrogens is 400 g/mol. The van der Waals surface area contributed by atoms with Crippen molar-refractivity contribution in [3.8, 4) is 5.75 Å². The van der Waals surface area contributed by atoms with E-state index in [2.05, 4.69) is 4.98 Å². The van der Waals surface area contributed by atoms with Gasteiger partial charge in [-0.25, -0.2) is 0 Å². The van der Waals surface area contributed by atoms with E-state index in [1.54, 1.807) is 18.3 Å². The molecule has 0 unspecified atom stereocenters. The van der Waals surface area contributed by atoms with Crippen molar-refractivity contribution in [3.05, 3.63) is 24.0 Å². The van der Waals surface area contributed by atoms with Gasteiger partial charge in [0, 0.05) is 39.3 Å². The quantitative estimate of drug-likeness (QED) is 0.469. The van der Waals surface area contributed by atoms with Crippen molar-refractivity contribution in [1.29, 1.82) is 0 Å². The molecule has 0 aliphatic carbocycles. The van der Waals surface area contributed by atoms with Crippen molar-refractivity contribution in [2.45, 2.75) is 51.1 Å². The van der Waals surface area contributed by atoms with Crippen LogP contribution >= 0.6 is 11.8 Å². The lowest BCUT2D eigenvalue weighted by molar-refractivity contribution is -0.186. The fourth-order valence-corrected chi connectivity index (χ4v) is 4.09. The van der Waals surface area contributed by atoms with Crippen LogP contribution < -0.4 is 4.74 Å². The third-order valence-electron chi connectivity index (χ3n) is 3.86. The predicted octanol–water partition coefficient (Wildman–Crippen LogP) is 1.39. The highest BCUT2D eigenvalue weighted by atomic mass is 32.2. The molecule has 9 nitrogen and oxygen atoms in total. The van der Waals surface area contributed by atoms with Crippen LogP contribution in [0.1, 0.15) is 26.5 Å². The van der Waals surface area contributed by atoms with E-state index >= 15 is 0 Å². The first-order valence-corrected chi connectivity index (χ1v) is 10.1. The molecule has 1 aromatic heterocycles. The lowest BCUT2D eigenvalue weighted by atomic mass is 10.1. The summed E-state index contributed by atoms with van der Waals surface area (Å²) in [5.41, 5.74) is 0.0333. The molecule has 160 valence electrons. The molecule has 1 aromatic rings. The van der Waals surface area contributed by atoms with Crippen LogP contribution in [-0.2, 0) is 35.1 Å². The molecule has 1 fully saturated rings. The predicted molar refractivity (Wildman–Crippen MR) is 105 cm³/mol. The van der Waals surface area contributed by atoms with E-state index in [1.165, 1.54) is 32.5 Å². The van der Waals surface area contributed by atoms with Crippen molar-refractivity contribution in [2.75, 3.05) is 19.8 Å². The van der Waals surface area contributed by atoms with Gasteiger partial charge in [0.1, 0.15) is 5.75 Å². The molecule has 0 saturated carbocycles. The number of hydrogen-bond acceptors (Lipinski definition) is 10. The van der Waals surface area contributed by atoms with E-state index in [9.17, 15) is 14.4 Å². The number of carbonyl (C=O) groups is 3. The van der Waals surface area contributed by atoms with E-state index in [-0.39, 0.29) is 0 Å². The monoisotopic (exact) mass is 426 g/mol. The standard InChI is InChI=1S/C19H26N2O7S/c1-11(22)25-16-10-29-19(18(27-13(3)24)17(16)26-12(2)23)28-15-7-6-8-20-14(15)9-21(4)5/h6-8,16-19H,9-10H2,1-5H3/t16-,17+,18-,19+/m1/s1. The van der Waals surface area contributed by atoms with Gasteiger partial charge in [-0.1, -0.05) is 0 Å². The lowest BCUT2D eigenvalue weighted by Crippen LogP contribution is -2.55. The van der Waals surface area contributed by atoms with E-state index in [1.807, 2.05) is 19.0 Å². The molecule has 2 heterocycles. The zero-order valence-electron chi connectivity index (χ0n) is 17.1. The minimum Gasteiger partial charge on any atom is -0.474 e. The third kappa shape index (κ3) is 6.90. The van der Waals surface area contributed by atoms with Gasteiger partial charge in [0.15, 0.2) is 23.7 Å². The second-order valence-electron chi connectivity index (χ2n) is 6.80.